The van der Waals surface area contributed by atoms with Crippen molar-refractivity contribution >= 4 is 40.7 Å². The third-order valence-electron chi connectivity index (χ3n) is 6.70. The zero-order valence-corrected chi connectivity index (χ0v) is 17.4. The summed E-state index contributed by atoms with van der Waals surface area (Å²) < 4.78 is 0. The largest absolute Gasteiger partial charge is 0.322 e. The minimum Gasteiger partial charge on any atom is -0.322 e. The molecule has 3 amide bonds. The number of rotatable bonds is 3. The summed E-state index contributed by atoms with van der Waals surface area (Å²) in [5.41, 5.74) is 3.56. The Morgan fingerprint density at radius 1 is 1.07 bits per heavy atom. The summed E-state index contributed by atoms with van der Waals surface area (Å²) in [4.78, 5) is 40.3. The number of hydrogen-bond acceptors (Lipinski definition) is 3. The van der Waals surface area contributed by atoms with Gasteiger partial charge in [-0.05, 0) is 68.0 Å². The fourth-order valence-corrected chi connectivity index (χ4v) is 5.41. The van der Waals surface area contributed by atoms with Crippen LogP contribution in [0.3, 0.4) is 0 Å². The molecular weight excluding hydrogens is 400 g/mol. The van der Waals surface area contributed by atoms with Crippen molar-refractivity contribution in [3.05, 3.63) is 70.3 Å². The van der Waals surface area contributed by atoms with Gasteiger partial charge in [-0.15, -0.1) is 0 Å². The van der Waals surface area contributed by atoms with Crippen molar-refractivity contribution in [2.45, 2.75) is 20.3 Å². The van der Waals surface area contributed by atoms with Crippen molar-refractivity contribution in [1.82, 2.24) is 0 Å². The minimum atomic E-state index is -0.320. The zero-order chi connectivity index (χ0) is 21.2. The molecule has 0 unspecified atom stereocenters. The van der Waals surface area contributed by atoms with Crippen LogP contribution in [-0.2, 0) is 9.59 Å². The molecular formula is C24H21ClN2O3. The number of halogens is 1. The average Bonchev–Trinajstić information content (AvgIpc) is 3.35. The molecule has 2 aromatic carbocycles. The summed E-state index contributed by atoms with van der Waals surface area (Å²) in [6.45, 7) is 3.93. The van der Waals surface area contributed by atoms with E-state index in [-0.39, 0.29) is 41.4 Å². The second kappa shape index (κ2) is 6.81. The van der Waals surface area contributed by atoms with Gasteiger partial charge in [0.1, 0.15) is 0 Å². The molecule has 0 spiro atoms. The standard InChI is InChI=1S/C24H21ClN2O3/c1-12-6-7-16(25)11-19(12)26-22(28)14-4-3-5-17(9-14)27-23(29)20-15-8-13(2)18(10-15)21(20)24(27)30/h3-9,11,15,18,20-21H,10H2,1-2H3,(H,26,28)/t15-,18+,20-,21+/m1/s1. The van der Waals surface area contributed by atoms with E-state index in [2.05, 4.69) is 11.4 Å². The highest BCUT2D eigenvalue weighted by Crippen LogP contribution is 2.55. The van der Waals surface area contributed by atoms with Gasteiger partial charge in [-0.1, -0.05) is 35.4 Å². The lowest BCUT2D eigenvalue weighted by molar-refractivity contribution is -0.123. The molecule has 1 saturated heterocycles. The van der Waals surface area contributed by atoms with Crippen LogP contribution >= 0.6 is 11.6 Å². The van der Waals surface area contributed by atoms with Crippen LogP contribution in [0.25, 0.3) is 0 Å². The van der Waals surface area contributed by atoms with E-state index in [1.807, 2.05) is 19.9 Å². The maximum atomic E-state index is 13.2. The molecule has 2 bridgehead atoms. The van der Waals surface area contributed by atoms with E-state index < -0.39 is 0 Å². The topological polar surface area (TPSA) is 66.5 Å². The summed E-state index contributed by atoms with van der Waals surface area (Å²) in [5, 5.41) is 3.39. The fraction of sp³-hybridized carbons (Fsp3) is 0.292. The number of aryl methyl sites for hydroxylation is 1. The maximum Gasteiger partial charge on any atom is 0.255 e. The predicted molar refractivity (Wildman–Crippen MR) is 115 cm³/mol. The Balaban J connectivity index is 1.42. The van der Waals surface area contributed by atoms with Crippen molar-refractivity contribution in [1.29, 1.82) is 0 Å². The summed E-state index contributed by atoms with van der Waals surface area (Å²) in [6, 6.07) is 12.0. The number of amides is 3. The van der Waals surface area contributed by atoms with Gasteiger partial charge in [0.25, 0.3) is 5.91 Å². The smallest absolute Gasteiger partial charge is 0.255 e. The van der Waals surface area contributed by atoms with Crippen LogP contribution in [-0.4, -0.2) is 17.7 Å². The number of nitrogens with zero attached hydrogens (tertiary/aromatic N) is 1. The first kappa shape index (κ1) is 19.1. The summed E-state index contributed by atoms with van der Waals surface area (Å²) in [6.07, 6.45) is 3.05. The van der Waals surface area contributed by atoms with E-state index in [9.17, 15) is 14.4 Å². The third kappa shape index (κ3) is 2.80. The van der Waals surface area contributed by atoms with Crippen LogP contribution in [0.15, 0.2) is 54.1 Å². The average molecular weight is 421 g/mol. The second-order valence-electron chi connectivity index (χ2n) is 8.44. The van der Waals surface area contributed by atoms with Gasteiger partial charge in [0.15, 0.2) is 0 Å². The lowest BCUT2D eigenvalue weighted by atomic mass is 9.82. The van der Waals surface area contributed by atoms with Gasteiger partial charge in [-0.25, -0.2) is 4.90 Å². The van der Waals surface area contributed by atoms with Gasteiger partial charge < -0.3 is 5.32 Å². The molecule has 6 heteroatoms. The number of fused-ring (bicyclic) bond motifs is 5. The number of benzene rings is 2. The SMILES string of the molecule is CC1=C[C@@H]2C[C@@H]1[C@@H]1C(=O)N(c3cccc(C(=O)Nc4cc(Cl)ccc4C)c3)C(=O)[C@@H]12. The number of imide groups is 1. The van der Waals surface area contributed by atoms with Gasteiger partial charge in [0.2, 0.25) is 11.8 Å². The maximum absolute atomic E-state index is 13.2. The Labute approximate surface area is 179 Å². The van der Waals surface area contributed by atoms with Crippen molar-refractivity contribution in [3.8, 4) is 0 Å². The Kier molecular flexibility index (Phi) is 4.33. The van der Waals surface area contributed by atoms with E-state index in [1.165, 1.54) is 10.5 Å². The number of carbonyl (C=O) groups is 3. The highest BCUT2D eigenvalue weighted by molar-refractivity contribution is 6.31. The van der Waals surface area contributed by atoms with Crippen molar-refractivity contribution < 1.29 is 14.4 Å². The third-order valence-corrected chi connectivity index (χ3v) is 6.93. The number of allylic oxidation sites excluding steroid dienone is 2. The van der Waals surface area contributed by atoms with Crippen LogP contribution in [0.1, 0.15) is 29.3 Å². The minimum absolute atomic E-state index is 0.145. The molecule has 1 heterocycles. The first-order valence-corrected chi connectivity index (χ1v) is 10.5. The van der Waals surface area contributed by atoms with Crippen LogP contribution in [0, 0.1) is 30.6 Å². The molecule has 3 aliphatic rings. The Morgan fingerprint density at radius 3 is 2.63 bits per heavy atom. The molecule has 2 fully saturated rings. The second-order valence-corrected chi connectivity index (χ2v) is 8.88. The normalized spacial score (nSPS) is 26.8. The van der Waals surface area contributed by atoms with Crippen LogP contribution in [0.4, 0.5) is 11.4 Å². The van der Waals surface area contributed by atoms with Crippen molar-refractivity contribution in [3.63, 3.8) is 0 Å². The lowest BCUT2D eigenvalue weighted by Gasteiger charge is -2.19. The van der Waals surface area contributed by atoms with Gasteiger partial charge in [0.05, 0.1) is 17.5 Å². The zero-order valence-electron chi connectivity index (χ0n) is 16.7. The number of nitrogens with one attached hydrogen (secondary N) is 1. The number of hydrogen-bond donors (Lipinski definition) is 1. The van der Waals surface area contributed by atoms with Crippen LogP contribution in [0.2, 0.25) is 5.02 Å². The summed E-state index contributed by atoms with van der Waals surface area (Å²) in [7, 11) is 0. The number of carbonyl (C=O) groups excluding carboxylic acids is 3. The van der Waals surface area contributed by atoms with Gasteiger partial charge in [0, 0.05) is 16.3 Å². The van der Waals surface area contributed by atoms with Crippen LogP contribution < -0.4 is 10.2 Å². The number of anilines is 2. The lowest BCUT2D eigenvalue weighted by Crippen LogP contribution is -2.33. The summed E-state index contributed by atoms with van der Waals surface area (Å²) in [5.74, 6) is -0.828. The first-order valence-electron chi connectivity index (χ1n) is 10.1. The molecule has 5 rings (SSSR count). The first-order chi connectivity index (χ1) is 14.3. The highest BCUT2D eigenvalue weighted by Gasteiger charge is 2.60. The molecule has 1 saturated carbocycles. The quantitative estimate of drug-likeness (QED) is 0.582. The summed E-state index contributed by atoms with van der Waals surface area (Å²) >= 11 is 6.04. The van der Waals surface area contributed by atoms with Gasteiger partial charge in [-0.2, -0.15) is 0 Å². The van der Waals surface area contributed by atoms with Crippen LogP contribution in [0.5, 0.6) is 0 Å². The molecule has 30 heavy (non-hydrogen) atoms. The molecule has 152 valence electrons. The molecule has 2 aliphatic carbocycles. The van der Waals surface area contributed by atoms with E-state index >= 15 is 0 Å². The van der Waals surface area contributed by atoms with E-state index in [4.69, 9.17) is 11.6 Å². The van der Waals surface area contributed by atoms with Crippen molar-refractivity contribution in [2.75, 3.05) is 10.2 Å². The Hall–Kier alpha value is -2.92. The van der Waals surface area contributed by atoms with Gasteiger partial charge >= 0.3 is 0 Å². The van der Waals surface area contributed by atoms with Crippen molar-refractivity contribution in [2.24, 2.45) is 23.7 Å². The van der Waals surface area contributed by atoms with E-state index in [0.29, 0.717) is 22.0 Å². The molecule has 0 radical (unpaired) electrons. The Bertz CT molecular complexity index is 1140. The molecule has 5 nitrogen and oxygen atoms in total. The highest BCUT2D eigenvalue weighted by atomic mass is 35.5. The molecule has 1 aliphatic heterocycles. The fourth-order valence-electron chi connectivity index (χ4n) is 5.24. The van der Waals surface area contributed by atoms with Gasteiger partial charge in [-0.3, -0.25) is 14.4 Å². The Morgan fingerprint density at radius 2 is 1.83 bits per heavy atom. The predicted octanol–water partition coefficient (Wildman–Crippen LogP) is 4.60. The monoisotopic (exact) mass is 420 g/mol. The molecule has 1 N–H and O–H groups in total. The van der Waals surface area contributed by atoms with E-state index in [0.717, 1.165) is 12.0 Å². The molecule has 4 atom stereocenters. The molecule has 2 aromatic rings. The van der Waals surface area contributed by atoms with E-state index in [1.54, 1.807) is 36.4 Å². The molecule has 0 aromatic heterocycles.